The van der Waals surface area contributed by atoms with Gasteiger partial charge in [-0.25, -0.2) is 19.5 Å². The van der Waals surface area contributed by atoms with Gasteiger partial charge in [0.2, 0.25) is 5.91 Å². The molecule has 0 radical (unpaired) electrons. The van der Waals surface area contributed by atoms with E-state index >= 15 is 0 Å². The molecule has 3 amide bonds. The van der Waals surface area contributed by atoms with E-state index in [0.29, 0.717) is 0 Å². The van der Waals surface area contributed by atoms with Crippen LogP contribution in [0.2, 0.25) is 0 Å². The Hall–Kier alpha value is -2.48. The lowest BCUT2D eigenvalue weighted by Gasteiger charge is -2.21. The molecule has 0 unspecified atom stereocenters. The molecule has 1 fully saturated rings. The number of halogens is 1. The van der Waals surface area contributed by atoms with Gasteiger partial charge in [0.15, 0.2) is 0 Å². The van der Waals surface area contributed by atoms with Gasteiger partial charge in [0, 0.05) is 0 Å². The SMILES string of the molecule is CC(C)(C)OC(=O)NN[C@@H]1CC(=O)N(c2ccccc2F)C1=O. The lowest BCUT2D eigenvalue weighted by atomic mass is 10.2. The minimum atomic E-state index is -0.977. The summed E-state index contributed by atoms with van der Waals surface area (Å²) in [5.41, 5.74) is 3.86. The Morgan fingerprint density at radius 2 is 1.96 bits per heavy atom. The number of ether oxygens (including phenoxy) is 1. The zero-order valence-corrected chi connectivity index (χ0v) is 13.1. The third-order valence-electron chi connectivity index (χ3n) is 2.99. The minimum Gasteiger partial charge on any atom is -0.443 e. The number of nitrogens with one attached hydrogen (secondary N) is 2. The number of anilines is 1. The molecule has 0 spiro atoms. The van der Waals surface area contributed by atoms with Gasteiger partial charge in [0.1, 0.15) is 17.5 Å². The van der Waals surface area contributed by atoms with Gasteiger partial charge in [0.05, 0.1) is 12.1 Å². The fraction of sp³-hybridized carbons (Fsp3) is 0.400. The van der Waals surface area contributed by atoms with Crippen molar-refractivity contribution in [3.05, 3.63) is 30.1 Å². The van der Waals surface area contributed by atoms with Crippen molar-refractivity contribution in [1.29, 1.82) is 0 Å². The fourth-order valence-electron chi connectivity index (χ4n) is 2.08. The van der Waals surface area contributed by atoms with Crippen LogP contribution in [0.15, 0.2) is 24.3 Å². The molecular weight excluding hydrogens is 305 g/mol. The first kappa shape index (κ1) is 16.9. The molecule has 2 N–H and O–H groups in total. The van der Waals surface area contributed by atoms with E-state index in [1.165, 1.54) is 18.2 Å². The molecule has 0 aromatic heterocycles. The number of hydrazine groups is 1. The third kappa shape index (κ3) is 4.04. The number of carbonyl (C=O) groups is 3. The molecule has 1 atom stereocenters. The van der Waals surface area contributed by atoms with Crippen molar-refractivity contribution in [3.63, 3.8) is 0 Å². The average molecular weight is 323 g/mol. The normalized spacial score (nSPS) is 18.3. The summed E-state index contributed by atoms with van der Waals surface area (Å²) in [6, 6.07) is 4.52. The van der Waals surface area contributed by atoms with E-state index in [2.05, 4.69) is 10.9 Å². The Morgan fingerprint density at radius 1 is 1.30 bits per heavy atom. The van der Waals surface area contributed by atoms with Crippen molar-refractivity contribution >= 4 is 23.6 Å². The summed E-state index contributed by atoms with van der Waals surface area (Å²) in [5.74, 6) is -1.87. The van der Waals surface area contributed by atoms with Crippen molar-refractivity contribution in [2.75, 3.05) is 4.90 Å². The monoisotopic (exact) mass is 323 g/mol. The Labute approximate surface area is 132 Å². The molecule has 0 saturated carbocycles. The first-order valence-corrected chi connectivity index (χ1v) is 7.05. The highest BCUT2D eigenvalue weighted by molar-refractivity contribution is 6.22. The smallest absolute Gasteiger partial charge is 0.422 e. The zero-order valence-electron chi connectivity index (χ0n) is 13.1. The van der Waals surface area contributed by atoms with Gasteiger partial charge in [-0.1, -0.05) is 12.1 Å². The largest absolute Gasteiger partial charge is 0.443 e. The second-order valence-electron chi connectivity index (χ2n) is 6.05. The van der Waals surface area contributed by atoms with Crippen LogP contribution in [0.25, 0.3) is 0 Å². The maximum atomic E-state index is 13.8. The van der Waals surface area contributed by atoms with Gasteiger partial charge in [-0.05, 0) is 32.9 Å². The number of para-hydroxylation sites is 1. The maximum absolute atomic E-state index is 13.8. The van der Waals surface area contributed by atoms with Crippen LogP contribution in [0.5, 0.6) is 0 Å². The van der Waals surface area contributed by atoms with Crippen molar-refractivity contribution in [2.24, 2.45) is 0 Å². The summed E-state index contributed by atoms with van der Waals surface area (Å²) in [4.78, 5) is 36.5. The molecule has 7 nitrogen and oxygen atoms in total. The molecule has 124 valence electrons. The second kappa shape index (κ2) is 6.33. The van der Waals surface area contributed by atoms with E-state index in [9.17, 15) is 18.8 Å². The average Bonchev–Trinajstić information content (AvgIpc) is 2.70. The summed E-state index contributed by atoms with van der Waals surface area (Å²) < 4.78 is 18.8. The highest BCUT2D eigenvalue weighted by atomic mass is 19.1. The van der Waals surface area contributed by atoms with Crippen molar-refractivity contribution in [3.8, 4) is 0 Å². The molecule has 1 aliphatic heterocycles. The first-order valence-electron chi connectivity index (χ1n) is 7.05. The summed E-state index contributed by atoms with van der Waals surface area (Å²) in [5, 5.41) is 0. The number of amides is 3. The molecule has 23 heavy (non-hydrogen) atoms. The summed E-state index contributed by atoms with van der Waals surface area (Å²) in [7, 11) is 0. The maximum Gasteiger partial charge on any atom is 0.422 e. The van der Waals surface area contributed by atoms with Gasteiger partial charge in [0.25, 0.3) is 5.91 Å². The third-order valence-corrected chi connectivity index (χ3v) is 2.99. The van der Waals surface area contributed by atoms with Crippen molar-refractivity contribution < 1.29 is 23.5 Å². The quantitative estimate of drug-likeness (QED) is 0.650. The highest BCUT2D eigenvalue weighted by Crippen LogP contribution is 2.25. The van der Waals surface area contributed by atoms with E-state index in [0.717, 1.165) is 11.0 Å². The second-order valence-corrected chi connectivity index (χ2v) is 6.05. The predicted molar refractivity (Wildman–Crippen MR) is 79.8 cm³/mol. The number of hydrogen-bond acceptors (Lipinski definition) is 5. The number of hydrogen-bond donors (Lipinski definition) is 2. The molecule has 1 aromatic carbocycles. The molecule has 0 bridgehead atoms. The van der Waals surface area contributed by atoms with Crippen LogP contribution in [-0.4, -0.2) is 29.6 Å². The molecule has 0 aliphatic carbocycles. The standard InChI is InChI=1S/C15H18FN3O4/c1-15(2,3)23-14(22)18-17-10-8-12(20)19(13(10)21)11-7-5-4-6-9(11)16/h4-7,10,17H,8H2,1-3H3,(H,18,22)/t10-/m1/s1. The molecular formula is C15H18FN3O4. The van der Waals surface area contributed by atoms with Crippen LogP contribution in [0.4, 0.5) is 14.9 Å². The molecule has 1 aliphatic rings. The molecule has 2 rings (SSSR count). The minimum absolute atomic E-state index is 0.107. The number of imide groups is 1. The first-order chi connectivity index (χ1) is 10.7. The van der Waals surface area contributed by atoms with Gasteiger partial charge in [-0.2, -0.15) is 0 Å². The van der Waals surface area contributed by atoms with E-state index in [-0.39, 0.29) is 12.1 Å². The van der Waals surface area contributed by atoms with E-state index < -0.39 is 35.4 Å². The summed E-state index contributed by atoms with van der Waals surface area (Å²) in [6.07, 6.45) is -0.967. The lowest BCUT2D eigenvalue weighted by Crippen LogP contribution is -2.49. The zero-order chi connectivity index (χ0) is 17.2. The Balaban J connectivity index is 2.02. The van der Waals surface area contributed by atoms with Gasteiger partial charge < -0.3 is 4.74 Å². The number of nitrogens with zero attached hydrogens (tertiary/aromatic N) is 1. The Bertz CT molecular complexity index is 642. The summed E-state index contributed by atoms with van der Waals surface area (Å²) in [6.45, 7) is 5.07. The van der Waals surface area contributed by atoms with Gasteiger partial charge in [-0.15, -0.1) is 0 Å². The van der Waals surface area contributed by atoms with Crippen LogP contribution >= 0.6 is 0 Å². The van der Waals surface area contributed by atoms with E-state index in [1.54, 1.807) is 20.8 Å². The van der Waals surface area contributed by atoms with E-state index in [1.807, 2.05) is 0 Å². The number of benzene rings is 1. The van der Waals surface area contributed by atoms with Crippen LogP contribution in [0.3, 0.4) is 0 Å². The lowest BCUT2D eigenvalue weighted by molar-refractivity contribution is -0.121. The Kier molecular flexibility index (Phi) is 4.65. The summed E-state index contributed by atoms with van der Waals surface area (Å²) >= 11 is 0. The Morgan fingerprint density at radius 3 is 2.57 bits per heavy atom. The highest BCUT2D eigenvalue weighted by Gasteiger charge is 2.40. The predicted octanol–water partition coefficient (Wildman–Crippen LogP) is 1.49. The van der Waals surface area contributed by atoms with Crippen LogP contribution in [-0.2, 0) is 14.3 Å². The van der Waals surface area contributed by atoms with Crippen molar-refractivity contribution in [2.45, 2.75) is 38.8 Å². The molecule has 1 saturated heterocycles. The van der Waals surface area contributed by atoms with Crippen LogP contribution < -0.4 is 15.8 Å². The topological polar surface area (TPSA) is 87.7 Å². The number of rotatable bonds is 3. The van der Waals surface area contributed by atoms with Crippen LogP contribution in [0, 0.1) is 5.82 Å². The molecule has 1 heterocycles. The van der Waals surface area contributed by atoms with Gasteiger partial charge >= 0.3 is 6.09 Å². The van der Waals surface area contributed by atoms with E-state index in [4.69, 9.17) is 4.74 Å². The van der Waals surface area contributed by atoms with Crippen molar-refractivity contribution in [1.82, 2.24) is 10.9 Å². The van der Waals surface area contributed by atoms with Gasteiger partial charge in [-0.3, -0.25) is 15.0 Å². The fourth-order valence-corrected chi connectivity index (χ4v) is 2.08. The molecule has 1 aromatic rings. The molecule has 8 heteroatoms. The van der Waals surface area contributed by atoms with Crippen LogP contribution in [0.1, 0.15) is 27.2 Å². The number of carbonyl (C=O) groups excluding carboxylic acids is 3.